The highest BCUT2D eigenvalue weighted by Gasteiger charge is 2.31. The van der Waals surface area contributed by atoms with Gasteiger partial charge in [0.1, 0.15) is 0 Å². The lowest BCUT2D eigenvalue weighted by molar-refractivity contribution is -0.0784. The third-order valence-corrected chi connectivity index (χ3v) is 2.80. The van der Waals surface area contributed by atoms with Crippen LogP contribution in [0.3, 0.4) is 0 Å². The molecule has 6 nitrogen and oxygen atoms in total. The van der Waals surface area contributed by atoms with Crippen LogP contribution in [-0.2, 0) is 11.3 Å². The van der Waals surface area contributed by atoms with Gasteiger partial charge in [-0.3, -0.25) is 4.90 Å². The largest absolute Gasteiger partial charge is 0.388 e. The summed E-state index contributed by atoms with van der Waals surface area (Å²) in [6.45, 7) is 2.41. The first-order valence-corrected chi connectivity index (χ1v) is 5.42. The average molecular weight is 227 g/mol. The molecule has 1 aliphatic heterocycles. The monoisotopic (exact) mass is 227 g/mol. The molecule has 1 fully saturated rings. The van der Waals surface area contributed by atoms with Gasteiger partial charge in [-0.2, -0.15) is 4.98 Å². The van der Waals surface area contributed by atoms with E-state index in [0.717, 1.165) is 0 Å². The van der Waals surface area contributed by atoms with E-state index in [1.807, 2.05) is 11.9 Å². The molecule has 0 aliphatic carbocycles. The van der Waals surface area contributed by atoms with E-state index in [1.165, 1.54) is 6.33 Å². The van der Waals surface area contributed by atoms with Crippen LogP contribution in [0.4, 0.5) is 0 Å². The van der Waals surface area contributed by atoms with Crippen molar-refractivity contribution in [1.29, 1.82) is 0 Å². The minimum Gasteiger partial charge on any atom is -0.388 e. The molecule has 0 unspecified atom stereocenters. The average Bonchev–Trinajstić information content (AvgIpc) is 2.70. The zero-order valence-electron chi connectivity index (χ0n) is 9.43. The van der Waals surface area contributed by atoms with Gasteiger partial charge in [0.05, 0.1) is 12.1 Å². The number of aliphatic hydroxyl groups is 1. The maximum absolute atomic E-state index is 10.3. The van der Waals surface area contributed by atoms with Crippen molar-refractivity contribution in [2.45, 2.75) is 25.0 Å². The third-order valence-electron chi connectivity index (χ3n) is 2.80. The van der Waals surface area contributed by atoms with Crippen LogP contribution in [0.1, 0.15) is 18.7 Å². The molecule has 90 valence electrons. The van der Waals surface area contributed by atoms with Gasteiger partial charge in [0.15, 0.2) is 6.33 Å². The van der Waals surface area contributed by atoms with Gasteiger partial charge in [-0.15, -0.1) is 0 Å². The molecule has 1 N–H and O–H groups in total. The van der Waals surface area contributed by atoms with Crippen LogP contribution in [0.2, 0.25) is 0 Å². The first-order chi connectivity index (χ1) is 7.68. The summed E-state index contributed by atoms with van der Waals surface area (Å²) in [5.74, 6) is 0.568. The standard InChI is InChI=1S/C10H17N3O3/c1-13(6-9-11-8-12-16-9)7-10(14)2-4-15-5-3-10/h8,14H,2-7H2,1H3. The summed E-state index contributed by atoms with van der Waals surface area (Å²) in [6.07, 6.45) is 2.74. The summed E-state index contributed by atoms with van der Waals surface area (Å²) in [7, 11) is 1.93. The van der Waals surface area contributed by atoms with Gasteiger partial charge < -0.3 is 14.4 Å². The number of ether oxygens (including phenoxy) is 1. The molecule has 1 saturated heterocycles. The predicted molar refractivity (Wildman–Crippen MR) is 55.6 cm³/mol. The van der Waals surface area contributed by atoms with E-state index >= 15 is 0 Å². The Hall–Kier alpha value is -0.980. The molecule has 0 amide bonds. The summed E-state index contributed by atoms with van der Waals surface area (Å²) in [4.78, 5) is 5.93. The second kappa shape index (κ2) is 4.90. The van der Waals surface area contributed by atoms with Crippen LogP contribution in [-0.4, -0.2) is 52.6 Å². The van der Waals surface area contributed by atoms with Gasteiger partial charge in [0, 0.05) is 32.6 Å². The molecule has 1 aromatic heterocycles. The molecular formula is C10H17N3O3. The first kappa shape index (κ1) is 11.5. The van der Waals surface area contributed by atoms with Crippen LogP contribution in [0.5, 0.6) is 0 Å². The number of likely N-dealkylation sites (N-methyl/N-ethyl adjacent to an activating group) is 1. The molecular weight excluding hydrogens is 210 g/mol. The molecule has 1 aromatic rings. The number of nitrogens with zero attached hydrogens (tertiary/aromatic N) is 3. The van der Waals surface area contributed by atoms with Crippen LogP contribution < -0.4 is 0 Å². The highest BCUT2D eigenvalue weighted by molar-refractivity contribution is 4.85. The smallest absolute Gasteiger partial charge is 0.240 e. The molecule has 2 rings (SSSR count). The van der Waals surface area contributed by atoms with Gasteiger partial charge in [-0.25, -0.2) is 0 Å². The van der Waals surface area contributed by atoms with Crippen LogP contribution in [0.15, 0.2) is 10.9 Å². The zero-order valence-corrected chi connectivity index (χ0v) is 9.43. The van der Waals surface area contributed by atoms with E-state index in [0.29, 0.717) is 45.0 Å². The molecule has 0 radical (unpaired) electrons. The Morgan fingerprint density at radius 3 is 2.88 bits per heavy atom. The predicted octanol–water partition coefficient (Wildman–Crippen LogP) is 0.0429. The number of rotatable bonds is 4. The maximum Gasteiger partial charge on any atom is 0.240 e. The van der Waals surface area contributed by atoms with Gasteiger partial charge in [0.25, 0.3) is 0 Å². The fourth-order valence-corrected chi connectivity index (χ4v) is 1.96. The lowest BCUT2D eigenvalue weighted by atomic mass is 9.94. The Kier molecular flexibility index (Phi) is 3.52. The Morgan fingerprint density at radius 2 is 2.25 bits per heavy atom. The van der Waals surface area contributed by atoms with Crippen LogP contribution in [0, 0.1) is 0 Å². The third kappa shape index (κ3) is 3.01. The fourth-order valence-electron chi connectivity index (χ4n) is 1.96. The van der Waals surface area contributed by atoms with E-state index in [9.17, 15) is 5.11 Å². The normalized spacial score (nSPS) is 20.2. The summed E-state index contributed by atoms with van der Waals surface area (Å²) in [5, 5.41) is 13.8. The van der Waals surface area contributed by atoms with Gasteiger partial charge in [-0.05, 0) is 7.05 Å². The van der Waals surface area contributed by atoms with E-state index < -0.39 is 5.60 Å². The summed E-state index contributed by atoms with van der Waals surface area (Å²) < 4.78 is 10.2. The second-order valence-electron chi connectivity index (χ2n) is 4.34. The van der Waals surface area contributed by atoms with Crippen molar-refractivity contribution in [3.63, 3.8) is 0 Å². The number of hydrogen-bond donors (Lipinski definition) is 1. The van der Waals surface area contributed by atoms with E-state index in [4.69, 9.17) is 9.26 Å². The van der Waals surface area contributed by atoms with Crippen molar-refractivity contribution in [2.24, 2.45) is 0 Å². The van der Waals surface area contributed by atoms with Crippen molar-refractivity contribution >= 4 is 0 Å². The maximum atomic E-state index is 10.3. The van der Waals surface area contributed by atoms with Crippen molar-refractivity contribution in [3.05, 3.63) is 12.2 Å². The molecule has 2 heterocycles. The molecule has 6 heteroatoms. The van der Waals surface area contributed by atoms with Gasteiger partial charge >= 0.3 is 0 Å². The number of hydrogen-bond acceptors (Lipinski definition) is 6. The second-order valence-corrected chi connectivity index (χ2v) is 4.34. The van der Waals surface area contributed by atoms with Crippen LogP contribution in [0.25, 0.3) is 0 Å². The lowest BCUT2D eigenvalue weighted by Gasteiger charge is -2.35. The van der Waals surface area contributed by atoms with E-state index in [1.54, 1.807) is 0 Å². The highest BCUT2D eigenvalue weighted by Crippen LogP contribution is 2.21. The van der Waals surface area contributed by atoms with E-state index in [-0.39, 0.29) is 0 Å². The fraction of sp³-hybridized carbons (Fsp3) is 0.800. The zero-order chi connectivity index (χ0) is 11.4. The summed E-state index contributed by atoms with van der Waals surface area (Å²) in [6, 6.07) is 0. The Balaban J connectivity index is 1.84. The topological polar surface area (TPSA) is 71.6 Å². The van der Waals surface area contributed by atoms with Crippen molar-refractivity contribution in [1.82, 2.24) is 15.0 Å². The Morgan fingerprint density at radius 1 is 1.50 bits per heavy atom. The van der Waals surface area contributed by atoms with Gasteiger partial charge in [-0.1, -0.05) is 5.16 Å². The lowest BCUT2D eigenvalue weighted by Crippen LogP contribution is -2.45. The van der Waals surface area contributed by atoms with Crippen molar-refractivity contribution < 1.29 is 14.4 Å². The Labute approximate surface area is 94.2 Å². The molecule has 0 atom stereocenters. The highest BCUT2D eigenvalue weighted by atomic mass is 16.5. The Bertz CT molecular complexity index is 309. The van der Waals surface area contributed by atoms with Crippen LogP contribution >= 0.6 is 0 Å². The molecule has 0 bridgehead atoms. The van der Waals surface area contributed by atoms with Crippen molar-refractivity contribution in [2.75, 3.05) is 26.8 Å². The quantitative estimate of drug-likeness (QED) is 0.783. The van der Waals surface area contributed by atoms with Gasteiger partial charge in [0.2, 0.25) is 5.89 Å². The first-order valence-electron chi connectivity index (χ1n) is 5.42. The molecule has 0 aromatic carbocycles. The SMILES string of the molecule is CN(Cc1ncno1)CC1(O)CCOCC1. The molecule has 0 saturated carbocycles. The molecule has 0 spiro atoms. The van der Waals surface area contributed by atoms with Crippen molar-refractivity contribution in [3.8, 4) is 0 Å². The minimum atomic E-state index is -0.646. The summed E-state index contributed by atoms with van der Waals surface area (Å²) in [5.41, 5.74) is -0.646. The number of aromatic nitrogens is 2. The minimum absolute atomic E-state index is 0.559. The summed E-state index contributed by atoms with van der Waals surface area (Å²) >= 11 is 0. The molecule has 16 heavy (non-hydrogen) atoms. The van der Waals surface area contributed by atoms with E-state index in [2.05, 4.69) is 10.1 Å². The molecule has 1 aliphatic rings.